The molecule has 0 spiro atoms. The zero-order valence-corrected chi connectivity index (χ0v) is 10.2. The van der Waals surface area contributed by atoms with Gasteiger partial charge in [-0.1, -0.05) is 0 Å². The van der Waals surface area contributed by atoms with Crippen LogP contribution in [0.2, 0.25) is 0 Å². The van der Waals surface area contributed by atoms with E-state index in [0.717, 1.165) is 6.42 Å². The van der Waals surface area contributed by atoms with Gasteiger partial charge in [0.15, 0.2) is 0 Å². The molecule has 7 nitrogen and oxygen atoms in total. The summed E-state index contributed by atoms with van der Waals surface area (Å²) in [5.74, 6) is -2.23. The van der Waals surface area contributed by atoms with E-state index in [9.17, 15) is 14.4 Å². The highest BCUT2D eigenvalue weighted by atomic mass is 16.5. The first-order valence-electron chi connectivity index (χ1n) is 5.87. The Bertz CT molecular complexity index is 344. The predicted molar refractivity (Wildman–Crippen MR) is 61.6 cm³/mol. The highest BCUT2D eigenvalue weighted by Gasteiger charge is 2.31. The van der Waals surface area contributed by atoms with E-state index in [2.05, 4.69) is 5.32 Å². The van der Waals surface area contributed by atoms with Gasteiger partial charge in [-0.25, -0.2) is 4.79 Å². The predicted octanol–water partition coefficient (Wildman–Crippen LogP) is -0.611. The van der Waals surface area contributed by atoms with E-state index in [1.165, 1.54) is 0 Å². The lowest BCUT2D eigenvalue weighted by molar-refractivity contribution is -0.144. The van der Waals surface area contributed by atoms with Crippen LogP contribution in [0.5, 0.6) is 0 Å². The number of carbonyl (C=O) groups is 3. The molecule has 1 aliphatic heterocycles. The Balaban J connectivity index is 2.47. The second kappa shape index (κ2) is 6.34. The molecule has 4 N–H and O–H groups in total. The quantitative estimate of drug-likeness (QED) is 0.587. The Morgan fingerprint density at radius 2 is 2.11 bits per heavy atom. The Morgan fingerprint density at radius 1 is 1.44 bits per heavy atom. The number of aliphatic carboxylic acids is 1. The molecule has 0 saturated carbocycles. The lowest BCUT2D eigenvalue weighted by Gasteiger charge is -2.17. The van der Waals surface area contributed by atoms with Gasteiger partial charge in [0, 0.05) is 6.42 Å². The number of carboxylic acids is 1. The van der Waals surface area contributed by atoms with Gasteiger partial charge in [-0.15, -0.1) is 0 Å². The second-order valence-corrected chi connectivity index (χ2v) is 4.42. The minimum atomic E-state index is -1.18. The molecule has 0 aromatic rings. The van der Waals surface area contributed by atoms with Crippen LogP contribution >= 0.6 is 0 Å². The van der Waals surface area contributed by atoms with Crippen molar-refractivity contribution in [2.24, 2.45) is 5.73 Å². The smallest absolute Gasteiger partial charge is 0.326 e. The number of hydrogen-bond donors (Lipinski definition) is 3. The molecule has 1 fully saturated rings. The van der Waals surface area contributed by atoms with E-state index in [4.69, 9.17) is 15.6 Å². The Kier molecular flexibility index (Phi) is 5.08. The Morgan fingerprint density at radius 3 is 2.56 bits per heavy atom. The van der Waals surface area contributed by atoms with Crippen molar-refractivity contribution in [1.29, 1.82) is 0 Å². The molecule has 3 atom stereocenters. The summed E-state index contributed by atoms with van der Waals surface area (Å²) in [7, 11) is 0. The number of primary amides is 1. The van der Waals surface area contributed by atoms with Gasteiger partial charge in [-0.2, -0.15) is 0 Å². The topological polar surface area (TPSA) is 119 Å². The van der Waals surface area contributed by atoms with Crippen molar-refractivity contribution in [3.8, 4) is 0 Å². The van der Waals surface area contributed by atoms with Gasteiger partial charge in [0.25, 0.3) is 0 Å². The Hall–Kier alpha value is -1.63. The van der Waals surface area contributed by atoms with Crippen molar-refractivity contribution < 1.29 is 24.2 Å². The van der Waals surface area contributed by atoms with E-state index >= 15 is 0 Å². The molecule has 2 amide bonds. The summed E-state index contributed by atoms with van der Waals surface area (Å²) in [6, 6.07) is -1.11. The number of hydrogen-bond acceptors (Lipinski definition) is 4. The van der Waals surface area contributed by atoms with Gasteiger partial charge in [0.1, 0.15) is 12.1 Å². The van der Waals surface area contributed by atoms with Crippen molar-refractivity contribution in [3.63, 3.8) is 0 Å². The maximum Gasteiger partial charge on any atom is 0.326 e. The van der Waals surface area contributed by atoms with Gasteiger partial charge in [0.2, 0.25) is 11.8 Å². The van der Waals surface area contributed by atoms with Gasteiger partial charge in [-0.05, 0) is 26.2 Å². The van der Waals surface area contributed by atoms with Gasteiger partial charge >= 0.3 is 5.97 Å². The molecule has 0 aromatic heterocycles. The molecule has 0 aromatic carbocycles. The first-order valence-corrected chi connectivity index (χ1v) is 5.87. The molecule has 0 aliphatic carbocycles. The fraction of sp³-hybridized carbons (Fsp3) is 0.727. The zero-order valence-electron chi connectivity index (χ0n) is 10.2. The number of nitrogens with one attached hydrogen (secondary N) is 1. The number of nitrogens with two attached hydrogens (primary N) is 1. The van der Waals surface area contributed by atoms with Crippen LogP contribution in [-0.4, -0.2) is 41.1 Å². The minimum absolute atomic E-state index is 0.00893. The van der Waals surface area contributed by atoms with Crippen LogP contribution in [0.4, 0.5) is 0 Å². The van der Waals surface area contributed by atoms with E-state index in [0.29, 0.717) is 6.42 Å². The third-order valence-corrected chi connectivity index (χ3v) is 2.82. The molecule has 18 heavy (non-hydrogen) atoms. The summed E-state index contributed by atoms with van der Waals surface area (Å²) in [5, 5.41) is 11.3. The van der Waals surface area contributed by atoms with Crippen molar-refractivity contribution in [2.45, 2.75) is 50.9 Å². The van der Waals surface area contributed by atoms with Crippen LogP contribution in [0.25, 0.3) is 0 Å². The molecular formula is C11H18N2O5. The molecule has 102 valence electrons. The minimum Gasteiger partial charge on any atom is -0.480 e. The molecule has 3 unspecified atom stereocenters. The van der Waals surface area contributed by atoms with Crippen molar-refractivity contribution in [3.05, 3.63) is 0 Å². The van der Waals surface area contributed by atoms with Crippen molar-refractivity contribution in [1.82, 2.24) is 5.32 Å². The molecule has 1 heterocycles. The standard InChI is InChI=1S/C11H18N2O5/c1-6-2-4-8(18-6)10(15)13-7(11(16)17)3-5-9(12)14/h6-8H,2-5H2,1H3,(H2,12,14)(H,13,15)(H,16,17). The Labute approximate surface area is 105 Å². The largest absolute Gasteiger partial charge is 0.480 e. The fourth-order valence-corrected chi connectivity index (χ4v) is 1.80. The first-order chi connectivity index (χ1) is 8.40. The molecule has 0 bridgehead atoms. The molecule has 1 saturated heterocycles. The number of amides is 2. The van der Waals surface area contributed by atoms with Crippen LogP contribution in [0.1, 0.15) is 32.6 Å². The molecule has 1 rings (SSSR count). The summed E-state index contributed by atoms with van der Waals surface area (Å²) >= 11 is 0. The van der Waals surface area contributed by atoms with Crippen molar-refractivity contribution >= 4 is 17.8 Å². The van der Waals surface area contributed by atoms with E-state index in [1.54, 1.807) is 0 Å². The molecule has 0 radical (unpaired) electrons. The molecule has 1 aliphatic rings. The maximum absolute atomic E-state index is 11.7. The summed E-state index contributed by atoms with van der Waals surface area (Å²) in [6.45, 7) is 1.86. The third-order valence-electron chi connectivity index (χ3n) is 2.82. The van der Waals surface area contributed by atoms with Crippen LogP contribution in [0.15, 0.2) is 0 Å². The molecule has 7 heteroatoms. The van der Waals surface area contributed by atoms with Crippen LogP contribution in [0.3, 0.4) is 0 Å². The summed E-state index contributed by atoms with van der Waals surface area (Å²) in [4.78, 5) is 33.3. The fourth-order valence-electron chi connectivity index (χ4n) is 1.80. The van der Waals surface area contributed by atoms with Gasteiger partial charge in [0.05, 0.1) is 6.10 Å². The monoisotopic (exact) mass is 258 g/mol. The van der Waals surface area contributed by atoms with Crippen LogP contribution in [-0.2, 0) is 19.1 Å². The average Bonchev–Trinajstić information content (AvgIpc) is 2.70. The number of carbonyl (C=O) groups excluding carboxylic acids is 2. The van der Waals surface area contributed by atoms with Gasteiger partial charge < -0.3 is 20.9 Å². The van der Waals surface area contributed by atoms with E-state index in [1.807, 2.05) is 6.92 Å². The average molecular weight is 258 g/mol. The number of carboxylic acid groups (broad SMARTS) is 1. The first kappa shape index (κ1) is 14.4. The van der Waals surface area contributed by atoms with E-state index in [-0.39, 0.29) is 18.9 Å². The lowest BCUT2D eigenvalue weighted by Crippen LogP contribution is -2.45. The highest BCUT2D eigenvalue weighted by Crippen LogP contribution is 2.19. The zero-order chi connectivity index (χ0) is 13.7. The lowest BCUT2D eigenvalue weighted by atomic mass is 10.1. The van der Waals surface area contributed by atoms with E-state index < -0.39 is 29.9 Å². The SMILES string of the molecule is CC1CCC(C(=O)NC(CCC(N)=O)C(=O)O)O1. The summed E-state index contributed by atoms with van der Waals surface area (Å²) in [6.07, 6.45) is 0.662. The second-order valence-electron chi connectivity index (χ2n) is 4.42. The third kappa shape index (κ3) is 4.33. The maximum atomic E-state index is 11.7. The number of rotatable bonds is 6. The van der Waals surface area contributed by atoms with Gasteiger partial charge in [-0.3, -0.25) is 9.59 Å². The van der Waals surface area contributed by atoms with Crippen LogP contribution < -0.4 is 11.1 Å². The van der Waals surface area contributed by atoms with Crippen molar-refractivity contribution in [2.75, 3.05) is 0 Å². The van der Waals surface area contributed by atoms with Crippen LogP contribution in [0, 0.1) is 0 Å². The highest BCUT2D eigenvalue weighted by molar-refractivity contribution is 5.86. The normalized spacial score (nSPS) is 24.5. The molecular weight excluding hydrogens is 240 g/mol. The summed E-state index contributed by atoms with van der Waals surface area (Å²) in [5.41, 5.74) is 4.94. The summed E-state index contributed by atoms with van der Waals surface area (Å²) < 4.78 is 5.33. The number of ether oxygens (including phenoxy) is 1.